The monoisotopic (exact) mass is 300 g/mol. The van der Waals surface area contributed by atoms with Gasteiger partial charge in [-0.15, -0.1) is 0 Å². The molecule has 116 valence electrons. The molecule has 2 N–H and O–H groups in total. The molecule has 6 heteroatoms. The van der Waals surface area contributed by atoms with Crippen molar-refractivity contribution in [3.63, 3.8) is 0 Å². The van der Waals surface area contributed by atoms with Gasteiger partial charge in [0, 0.05) is 18.3 Å². The zero-order valence-electron chi connectivity index (χ0n) is 12.7. The van der Waals surface area contributed by atoms with E-state index in [1.54, 1.807) is 12.1 Å². The molecule has 1 fully saturated rings. The minimum Gasteiger partial charge on any atom is -0.336 e. The molecule has 0 aliphatic carbocycles. The molecule has 1 saturated heterocycles. The van der Waals surface area contributed by atoms with E-state index >= 15 is 0 Å². The average molecular weight is 300 g/mol. The molecule has 0 spiro atoms. The van der Waals surface area contributed by atoms with Crippen LogP contribution in [-0.4, -0.2) is 35.5 Å². The van der Waals surface area contributed by atoms with E-state index in [0.29, 0.717) is 12.1 Å². The van der Waals surface area contributed by atoms with Crippen molar-refractivity contribution in [2.24, 2.45) is 5.92 Å². The van der Waals surface area contributed by atoms with Crippen LogP contribution in [0.4, 0.5) is 10.5 Å². The third-order valence-electron chi connectivity index (χ3n) is 3.54. The molecule has 1 aromatic rings. The molecular formula is C16H20N4O2. The van der Waals surface area contributed by atoms with E-state index in [1.165, 1.54) is 4.90 Å². The maximum absolute atomic E-state index is 12.3. The predicted octanol–water partition coefficient (Wildman–Crippen LogP) is 1.96. The summed E-state index contributed by atoms with van der Waals surface area (Å²) in [6.07, 6.45) is 0.362. The van der Waals surface area contributed by atoms with Gasteiger partial charge in [-0.25, -0.2) is 4.79 Å². The highest BCUT2D eigenvalue weighted by Crippen LogP contribution is 2.24. The van der Waals surface area contributed by atoms with Crippen molar-refractivity contribution in [3.8, 4) is 6.07 Å². The van der Waals surface area contributed by atoms with Crippen LogP contribution in [0.3, 0.4) is 0 Å². The van der Waals surface area contributed by atoms with E-state index in [0.717, 1.165) is 0 Å². The fraction of sp³-hybridized carbons (Fsp3) is 0.438. The molecule has 0 radical (unpaired) electrons. The van der Waals surface area contributed by atoms with E-state index in [2.05, 4.69) is 16.7 Å². The van der Waals surface area contributed by atoms with E-state index in [9.17, 15) is 14.9 Å². The van der Waals surface area contributed by atoms with Gasteiger partial charge in [-0.1, -0.05) is 18.2 Å². The molecule has 1 aromatic carbocycles. The summed E-state index contributed by atoms with van der Waals surface area (Å²) in [6.45, 7) is 3.97. The Labute approximate surface area is 130 Å². The lowest BCUT2D eigenvalue weighted by atomic mass is 10.1. The van der Waals surface area contributed by atoms with Crippen molar-refractivity contribution in [1.29, 1.82) is 5.26 Å². The highest BCUT2D eigenvalue weighted by Gasteiger charge is 2.39. The van der Waals surface area contributed by atoms with Crippen LogP contribution in [0.15, 0.2) is 30.3 Å². The minimum atomic E-state index is -0.565. The number of rotatable bonds is 3. The van der Waals surface area contributed by atoms with Gasteiger partial charge in [0.05, 0.1) is 12.0 Å². The van der Waals surface area contributed by atoms with Crippen molar-refractivity contribution in [2.45, 2.75) is 32.4 Å². The third kappa shape index (κ3) is 3.76. The summed E-state index contributed by atoms with van der Waals surface area (Å²) in [5.74, 6) is -0.533. The second-order valence-corrected chi connectivity index (χ2v) is 5.69. The van der Waals surface area contributed by atoms with Crippen molar-refractivity contribution in [1.82, 2.24) is 10.2 Å². The molecule has 0 bridgehead atoms. The van der Waals surface area contributed by atoms with Crippen LogP contribution in [0.25, 0.3) is 0 Å². The number of benzene rings is 1. The van der Waals surface area contributed by atoms with Crippen LogP contribution in [-0.2, 0) is 4.79 Å². The summed E-state index contributed by atoms with van der Waals surface area (Å²) >= 11 is 0. The summed E-state index contributed by atoms with van der Waals surface area (Å²) in [5.41, 5.74) is 0.714. The number of hydrogen-bond donors (Lipinski definition) is 2. The molecule has 2 rings (SSSR count). The lowest BCUT2D eigenvalue weighted by Gasteiger charge is -2.21. The number of nitrogens with zero attached hydrogens (tertiary/aromatic N) is 2. The van der Waals surface area contributed by atoms with Gasteiger partial charge in [0.1, 0.15) is 6.04 Å². The van der Waals surface area contributed by atoms with Gasteiger partial charge in [-0.05, 0) is 32.4 Å². The van der Waals surface area contributed by atoms with Crippen molar-refractivity contribution in [3.05, 3.63) is 30.3 Å². The van der Waals surface area contributed by atoms with Crippen LogP contribution in [0.5, 0.6) is 0 Å². The number of nitriles is 1. The number of anilines is 1. The second kappa shape index (κ2) is 6.94. The number of urea groups is 1. The molecule has 3 amide bonds. The fourth-order valence-corrected chi connectivity index (χ4v) is 2.47. The molecule has 2 unspecified atom stereocenters. The maximum atomic E-state index is 12.3. The first-order valence-corrected chi connectivity index (χ1v) is 7.34. The zero-order valence-corrected chi connectivity index (χ0v) is 12.7. The van der Waals surface area contributed by atoms with Crippen LogP contribution >= 0.6 is 0 Å². The van der Waals surface area contributed by atoms with Gasteiger partial charge in [0.2, 0.25) is 5.91 Å². The van der Waals surface area contributed by atoms with Crippen molar-refractivity contribution < 1.29 is 9.59 Å². The summed E-state index contributed by atoms with van der Waals surface area (Å²) in [4.78, 5) is 25.8. The predicted molar refractivity (Wildman–Crippen MR) is 83.0 cm³/mol. The Bertz CT molecular complexity index is 580. The zero-order chi connectivity index (χ0) is 16.1. The highest BCUT2D eigenvalue weighted by atomic mass is 16.2. The van der Waals surface area contributed by atoms with Crippen molar-refractivity contribution >= 4 is 17.6 Å². The van der Waals surface area contributed by atoms with Gasteiger partial charge < -0.3 is 15.5 Å². The van der Waals surface area contributed by atoms with Gasteiger partial charge in [0.15, 0.2) is 0 Å². The molecule has 1 aliphatic rings. The van der Waals surface area contributed by atoms with Crippen LogP contribution in [0.2, 0.25) is 0 Å². The summed E-state index contributed by atoms with van der Waals surface area (Å²) in [7, 11) is 0. The normalized spacial score (nSPS) is 20.5. The molecule has 0 aromatic heterocycles. The lowest BCUT2D eigenvalue weighted by molar-refractivity contribution is -0.119. The van der Waals surface area contributed by atoms with Crippen LogP contribution in [0.1, 0.15) is 20.3 Å². The summed E-state index contributed by atoms with van der Waals surface area (Å²) in [5, 5.41) is 14.8. The van der Waals surface area contributed by atoms with E-state index in [-0.39, 0.29) is 30.4 Å². The first kappa shape index (κ1) is 15.8. The number of amides is 3. The topological polar surface area (TPSA) is 85.2 Å². The number of hydrogen-bond acceptors (Lipinski definition) is 3. The van der Waals surface area contributed by atoms with E-state index in [4.69, 9.17) is 0 Å². The summed E-state index contributed by atoms with van der Waals surface area (Å²) < 4.78 is 0. The lowest BCUT2D eigenvalue weighted by Crippen LogP contribution is -2.45. The molecule has 0 saturated carbocycles. The Hall–Kier alpha value is -2.55. The average Bonchev–Trinajstić information content (AvgIpc) is 2.92. The first-order chi connectivity index (χ1) is 10.5. The highest BCUT2D eigenvalue weighted by molar-refractivity contribution is 5.93. The quantitative estimate of drug-likeness (QED) is 0.894. The fourth-order valence-electron chi connectivity index (χ4n) is 2.47. The number of carbonyl (C=O) groups is 2. The Kier molecular flexibility index (Phi) is 4.99. The van der Waals surface area contributed by atoms with E-state index in [1.807, 2.05) is 32.0 Å². The smallest absolute Gasteiger partial charge is 0.318 e. The first-order valence-electron chi connectivity index (χ1n) is 7.34. The van der Waals surface area contributed by atoms with Crippen LogP contribution < -0.4 is 10.6 Å². The molecule has 1 aliphatic heterocycles. The number of likely N-dealkylation sites (tertiary alicyclic amines) is 1. The van der Waals surface area contributed by atoms with Crippen LogP contribution in [0, 0.1) is 17.2 Å². The largest absolute Gasteiger partial charge is 0.336 e. The molecule has 1 heterocycles. The van der Waals surface area contributed by atoms with Gasteiger partial charge in [-0.2, -0.15) is 5.26 Å². The molecule has 22 heavy (non-hydrogen) atoms. The molecular weight excluding hydrogens is 280 g/mol. The second-order valence-electron chi connectivity index (χ2n) is 5.69. The third-order valence-corrected chi connectivity index (χ3v) is 3.54. The standard InChI is InChI=1S/C16H20N4O2/c1-11(2)18-16(22)20-10-12(8-14(20)9-17)15(21)19-13-6-4-3-5-7-13/h3-7,11-12,14H,8,10H2,1-2H3,(H,18,22)(H,19,21). The van der Waals surface area contributed by atoms with Gasteiger partial charge in [0.25, 0.3) is 0 Å². The number of nitrogens with one attached hydrogen (secondary N) is 2. The van der Waals surface area contributed by atoms with Gasteiger partial charge >= 0.3 is 6.03 Å². The number of carbonyl (C=O) groups excluding carboxylic acids is 2. The maximum Gasteiger partial charge on any atom is 0.318 e. The molecule has 2 atom stereocenters. The Morgan fingerprint density at radius 3 is 2.59 bits per heavy atom. The Morgan fingerprint density at radius 2 is 2.00 bits per heavy atom. The number of para-hydroxylation sites is 1. The minimum absolute atomic E-state index is 0.0101. The van der Waals surface area contributed by atoms with E-state index < -0.39 is 6.04 Å². The SMILES string of the molecule is CC(C)NC(=O)N1CC(C(=O)Nc2ccccc2)CC1C#N. The van der Waals surface area contributed by atoms with Crippen molar-refractivity contribution in [2.75, 3.05) is 11.9 Å². The Balaban J connectivity index is 2.00. The molecule has 6 nitrogen and oxygen atoms in total. The summed E-state index contributed by atoms with van der Waals surface area (Å²) in [6, 6.07) is 10.4. The Morgan fingerprint density at radius 1 is 1.32 bits per heavy atom. The van der Waals surface area contributed by atoms with Gasteiger partial charge in [-0.3, -0.25) is 4.79 Å².